The Labute approximate surface area is 127 Å². The zero-order valence-corrected chi connectivity index (χ0v) is 13.8. The van der Waals surface area contributed by atoms with Crippen molar-refractivity contribution in [1.82, 2.24) is 5.32 Å². The van der Waals surface area contributed by atoms with Gasteiger partial charge in [-0.3, -0.25) is 0 Å². The van der Waals surface area contributed by atoms with Crippen LogP contribution in [0.2, 0.25) is 5.02 Å². The largest absolute Gasteiger partial charge is 0.490 e. The quantitative estimate of drug-likeness (QED) is 0.837. The predicted octanol–water partition coefficient (Wildman–Crippen LogP) is 4.45. The molecule has 1 aliphatic carbocycles. The number of benzene rings is 1. The van der Waals surface area contributed by atoms with Gasteiger partial charge in [0.1, 0.15) is 11.9 Å². The fourth-order valence-corrected chi connectivity index (χ4v) is 3.35. The molecule has 0 spiro atoms. The molecule has 1 aromatic rings. The van der Waals surface area contributed by atoms with Crippen molar-refractivity contribution < 1.29 is 4.74 Å². The van der Waals surface area contributed by atoms with Crippen LogP contribution >= 0.6 is 11.6 Å². The van der Waals surface area contributed by atoms with Crippen LogP contribution in [0.15, 0.2) is 18.2 Å². The molecular weight excluding hydrogens is 270 g/mol. The minimum absolute atomic E-state index is 0.224. The van der Waals surface area contributed by atoms with Crippen molar-refractivity contribution in [3.63, 3.8) is 0 Å². The van der Waals surface area contributed by atoms with Crippen LogP contribution in [0.5, 0.6) is 5.75 Å². The van der Waals surface area contributed by atoms with Gasteiger partial charge in [-0.05, 0) is 43.1 Å². The summed E-state index contributed by atoms with van der Waals surface area (Å²) in [5.74, 6) is 0.950. The summed E-state index contributed by atoms with van der Waals surface area (Å²) in [6.07, 6.45) is 3.44. The highest BCUT2D eigenvalue weighted by Crippen LogP contribution is 2.46. The molecule has 1 aliphatic rings. The summed E-state index contributed by atoms with van der Waals surface area (Å²) in [6.45, 7) is 9.88. The zero-order chi connectivity index (χ0) is 14.8. The smallest absolute Gasteiger partial charge is 0.120 e. The van der Waals surface area contributed by atoms with Gasteiger partial charge in [0, 0.05) is 22.9 Å². The molecule has 0 amide bonds. The highest BCUT2D eigenvalue weighted by atomic mass is 35.5. The summed E-state index contributed by atoms with van der Waals surface area (Å²) in [5.41, 5.74) is 1.38. The van der Waals surface area contributed by atoms with Crippen LogP contribution in [0.4, 0.5) is 0 Å². The molecule has 3 unspecified atom stereocenters. The van der Waals surface area contributed by atoms with Crippen molar-refractivity contribution >= 4 is 11.6 Å². The lowest BCUT2D eigenvalue weighted by molar-refractivity contribution is -0.0697. The SMILES string of the molecule is CCNC1CC(Oc2ccc(Cl)c(CC)c2)C1(C)CC. The summed E-state index contributed by atoms with van der Waals surface area (Å²) in [6, 6.07) is 6.58. The van der Waals surface area contributed by atoms with Gasteiger partial charge in [-0.15, -0.1) is 0 Å². The second-order valence-corrected chi connectivity index (χ2v) is 6.33. The highest BCUT2D eigenvalue weighted by molar-refractivity contribution is 6.31. The van der Waals surface area contributed by atoms with Gasteiger partial charge in [-0.1, -0.05) is 39.3 Å². The van der Waals surface area contributed by atoms with Gasteiger partial charge < -0.3 is 10.1 Å². The van der Waals surface area contributed by atoms with E-state index in [9.17, 15) is 0 Å². The monoisotopic (exact) mass is 295 g/mol. The van der Waals surface area contributed by atoms with Gasteiger partial charge >= 0.3 is 0 Å². The van der Waals surface area contributed by atoms with Crippen molar-refractivity contribution in [2.45, 2.75) is 59.1 Å². The molecule has 112 valence electrons. The average molecular weight is 296 g/mol. The van der Waals surface area contributed by atoms with Crippen molar-refractivity contribution in [3.8, 4) is 5.75 Å². The number of halogens is 1. The molecule has 3 atom stereocenters. The van der Waals surface area contributed by atoms with E-state index in [1.165, 1.54) is 0 Å². The summed E-state index contributed by atoms with van der Waals surface area (Å²) >= 11 is 6.16. The van der Waals surface area contributed by atoms with E-state index in [-0.39, 0.29) is 5.41 Å². The molecule has 2 rings (SSSR count). The van der Waals surface area contributed by atoms with E-state index >= 15 is 0 Å². The van der Waals surface area contributed by atoms with Crippen molar-refractivity contribution in [1.29, 1.82) is 0 Å². The lowest BCUT2D eigenvalue weighted by atomic mass is 9.61. The van der Waals surface area contributed by atoms with Crippen LogP contribution in [-0.2, 0) is 6.42 Å². The fraction of sp³-hybridized carbons (Fsp3) is 0.647. The molecule has 1 N–H and O–H groups in total. The molecule has 3 heteroatoms. The van der Waals surface area contributed by atoms with E-state index in [4.69, 9.17) is 16.3 Å². The minimum atomic E-state index is 0.224. The number of hydrogen-bond donors (Lipinski definition) is 1. The number of rotatable bonds is 6. The van der Waals surface area contributed by atoms with Gasteiger partial charge in [0.2, 0.25) is 0 Å². The van der Waals surface area contributed by atoms with Gasteiger partial charge in [0.25, 0.3) is 0 Å². The molecule has 0 saturated heterocycles. The van der Waals surface area contributed by atoms with Gasteiger partial charge in [-0.25, -0.2) is 0 Å². The molecule has 1 aromatic carbocycles. The average Bonchev–Trinajstić information content (AvgIpc) is 2.46. The normalized spacial score (nSPS) is 29.1. The first-order chi connectivity index (χ1) is 9.55. The third-order valence-electron chi connectivity index (χ3n) is 4.87. The molecule has 0 aliphatic heterocycles. The summed E-state index contributed by atoms with van der Waals surface area (Å²) in [5, 5.41) is 4.40. The van der Waals surface area contributed by atoms with Crippen molar-refractivity contribution in [2.24, 2.45) is 5.41 Å². The lowest BCUT2D eigenvalue weighted by Crippen LogP contribution is -2.63. The standard InChI is InChI=1S/C17H26ClNO/c1-5-12-10-13(8-9-14(12)18)20-16-11-15(19-7-3)17(16,4)6-2/h8-10,15-16,19H,5-7,11H2,1-4H3. The first kappa shape index (κ1) is 15.7. The molecule has 1 saturated carbocycles. The van der Waals surface area contributed by atoms with E-state index in [2.05, 4.69) is 39.1 Å². The van der Waals surface area contributed by atoms with E-state index in [0.29, 0.717) is 12.1 Å². The van der Waals surface area contributed by atoms with Crippen LogP contribution in [-0.4, -0.2) is 18.7 Å². The molecule has 0 heterocycles. The maximum Gasteiger partial charge on any atom is 0.120 e. The summed E-state index contributed by atoms with van der Waals surface area (Å²) in [4.78, 5) is 0. The zero-order valence-electron chi connectivity index (χ0n) is 13.0. The van der Waals surface area contributed by atoms with Gasteiger partial charge in [0.15, 0.2) is 0 Å². The van der Waals surface area contributed by atoms with Crippen LogP contribution in [0.3, 0.4) is 0 Å². The topological polar surface area (TPSA) is 21.3 Å². The fourth-order valence-electron chi connectivity index (χ4n) is 3.10. The second-order valence-electron chi connectivity index (χ2n) is 5.92. The Morgan fingerprint density at radius 3 is 2.70 bits per heavy atom. The third kappa shape index (κ3) is 2.82. The first-order valence-electron chi connectivity index (χ1n) is 7.73. The van der Waals surface area contributed by atoms with Crippen molar-refractivity contribution in [3.05, 3.63) is 28.8 Å². The highest BCUT2D eigenvalue weighted by Gasteiger charge is 2.51. The number of aryl methyl sites for hydroxylation is 1. The number of ether oxygens (including phenoxy) is 1. The Hall–Kier alpha value is -0.730. The molecular formula is C17H26ClNO. The predicted molar refractivity (Wildman–Crippen MR) is 85.7 cm³/mol. The molecule has 1 fully saturated rings. The van der Waals surface area contributed by atoms with E-state index in [0.717, 1.165) is 42.1 Å². The lowest BCUT2D eigenvalue weighted by Gasteiger charge is -2.53. The maximum atomic E-state index is 6.23. The Kier molecular flexibility index (Phi) is 4.98. The molecule has 0 aromatic heterocycles. The third-order valence-corrected chi connectivity index (χ3v) is 5.24. The molecule has 2 nitrogen and oxygen atoms in total. The Morgan fingerprint density at radius 2 is 2.10 bits per heavy atom. The minimum Gasteiger partial charge on any atom is -0.490 e. The van der Waals surface area contributed by atoms with Gasteiger partial charge in [-0.2, -0.15) is 0 Å². The summed E-state index contributed by atoms with van der Waals surface area (Å²) in [7, 11) is 0. The van der Waals surface area contributed by atoms with E-state index in [1.54, 1.807) is 0 Å². The van der Waals surface area contributed by atoms with E-state index < -0.39 is 0 Å². The van der Waals surface area contributed by atoms with Crippen LogP contribution < -0.4 is 10.1 Å². The molecule has 20 heavy (non-hydrogen) atoms. The van der Waals surface area contributed by atoms with E-state index in [1.807, 2.05) is 12.1 Å². The molecule has 0 radical (unpaired) electrons. The number of hydrogen-bond acceptors (Lipinski definition) is 2. The number of nitrogens with one attached hydrogen (secondary N) is 1. The summed E-state index contributed by atoms with van der Waals surface area (Å²) < 4.78 is 6.23. The van der Waals surface area contributed by atoms with Crippen LogP contribution in [0, 0.1) is 5.41 Å². The Balaban J connectivity index is 2.07. The van der Waals surface area contributed by atoms with Crippen LogP contribution in [0.25, 0.3) is 0 Å². The van der Waals surface area contributed by atoms with Crippen LogP contribution in [0.1, 0.15) is 46.1 Å². The maximum absolute atomic E-state index is 6.23. The van der Waals surface area contributed by atoms with Gasteiger partial charge in [0.05, 0.1) is 0 Å². The van der Waals surface area contributed by atoms with Crippen molar-refractivity contribution in [2.75, 3.05) is 6.54 Å². The Bertz CT molecular complexity index is 462. The Morgan fingerprint density at radius 1 is 1.35 bits per heavy atom. The second kappa shape index (κ2) is 6.36. The first-order valence-corrected chi connectivity index (χ1v) is 8.11. The molecule has 0 bridgehead atoms.